The molecule has 8 aromatic carbocycles. The van der Waals surface area contributed by atoms with Crippen molar-refractivity contribution in [1.82, 2.24) is 29.1 Å². The normalized spacial score (nSPS) is 12.0. The van der Waals surface area contributed by atoms with Crippen LogP contribution in [-0.2, 0) is 0 Å². The van der Waals surface area contributed by atoms with E-state index in [2.05, 4.69) is 100 Å². The standard InChI is InChI=1S/C52H30N6O2/c1-3-14-31(15-4-1)49-54-50(33-26-27-37-36-20-9-12-25-44(36)59-45(37)30-33)56-52(55-49)58-42-23-11-8-19-35(42)39-29-28-38-34-18-7-10-22-41(34)57(46(38)47(39)58)43-24-13-21-40-48(43)60-51(53-40)32-16-5-2-6-17-32/h1-30H. The first-order chi connectivity index (χ1) is 29.7. The summed E-state index contributed by atoms with van der Waals surface area (Å²) >= 11 is 0. The fraction of sp³-hybridized carbons (Fsp3) is 0. The van der Waals surface area contributed by atoms with Crippen molar-refractivity contribution in [1.29, 1.82) is 0 Å². The molecular formula is C52H30N6O2. The first-order valence-corrected chi connectivity index (χ1v) is 19.9. The van der Waals surface area contributed by atoms with E-state index in [1.54, 1.807) is 0 Å². The second-order valence-corrected chi connectivity index (χ2v) is 15.0. The number of furan rings is 1. The van der Waals surface area contributed by atoms with Crippen molar-refractivity contribution in [3.8, 4) is 45.9 Å². The summed E-state index contributed by atoms with van der Waals surface area (Å²) < 4.78 is 17.6. The third-order valence-corrected chi connectivity index (χ3v) is 11.6. The first-order valence-electron chi connectivity index (χ1n) is 19.9. The summed E-state index contributed by atoms with van der Waals surface area (Å²) in [7, 11) is 0. The lowest BCUT2D eigenvalue weighted by Gasteiger charge is -2.13. The van der Waals surface area contributed by atoms with Gasteiger partial charge in [0.25, 0.3) is 0 Å². The molecule has 13 rings (SSSR count). The lowest BCUT2D eigenvalue weighted by molar-refractivity contribution is 0.618. The van der Waals surface area contributed by atoms with Gasteiger partial charge in [0.1, 0.15) is 16.7 Å². The van der Waals surface area contributed by atoms with E-state index in [0.29, 0.717) is 29.1 Å². The number of para-hydroxylation sites is 4. The SMILES string of the molecule is c1ccc(-c2nc(-c3ccc4c(c3)oc3ccccc34)nc(-n3c4ccccc4c4ccc5c6ccccc6n(-c6cccc7nc(-c8ccccc8)oc67)c5c43)n2)cc1. The molecule has 280 valence electrons. The van der Waals surface area contributed by atoms with Crippen LogP contribution in [-0.4, -0.2) is 29.1 Å². The van der Waals surface area contributed by atoms with Crippen LogP contribution in [0.25, 0.3) is 123 Å². The lowest BCUT2D eigenvalue weighted by atomic mass is 10.1. The molecule has 0 aliphatic heterocycles. The van der Waals surface area contributed by atoms with E-state index in [4.69, 9.17) is 28.8 Å². The van der Waals surface area contributed by atoms with Gasteiger partial charge in [-0.3, -0.25) is 4.57 Å². The Morgan fingerprint density at radius 1 is 0.367 bits per heavy atom. The maximum atomic E-state index is 6.69. The zero-order valence-corrected chi connectivity index (χ0v) is 31.8. The Kier molecular flexibility index (Phi) is 6.85. The van der Waals surface area contributed by atoms with Gasteiger partial charge in [0.15, 0.2) is 17.2 Å². The van der Waals surface area contributed by atoms with Crippen molar-refractivity contribution in [2.75, 3.05) is 0 Å². The summed E-state index contributed by atoms with van der Waals surface area (Å²) in [5.41, 5.74) is 10.6. The van der Waals surface area contributed by atoms with Gasteiger partial charge in [-0.15, -0.1) is 0 Å². The number of fused-ring (bicyclic) bond motifs is 11. The van der Waals surface area contributed by atoms with Gasteiger partial charge < -0.3 is 13.4 Å². The zero-order valence-electron chi connectivity index (χ0n) is 31.8. The molecule has 5 aromatic heterocycles. The molecule has 0 saturated heterocycles. The summed E-state index contributed by atoms with van der Waals surface area (Å²) in [6.07, 6.45) is 0. The largest absolute Gasteiger partial charge is 0.456 e. The van der Waals surface area contributed by atoms with Crippen LogP contribution < -0.4 is 0 Å². The molecule has 0 atom stereocenters. The Labute approximate surface area is 341 Å². The predicted molar refractivity (Wildman–Crippen MR) is 240 cm³/mol. The van der Waals surface area contributed by atoms with Crippen molar-refractivity contribution in [2.24, 2.45) is 0 Å². The molecule has 5 heterocycles. The van der Waals surface area contributed by atoms with Gasteiger partial charge in [-0.25, -0.2) is 9.97 Å². The monoisotopic (exact) mass is 770 g/mol. The van der Waals surface area contributed by atoms with Crippen LogP contribution in [0.15, 0.2) is 191 Å². The number of oxazole rings is 1. The maximum absolute atomic E-state index is 6.69. The average Bonchev–Trinajstić information content (AvgIpc) is 4.09. The van der Waals surface area contributed by atoms with Crippen LogP contribution in [0.5, 0.6) is 0 Å². The highest BCUT2D eigenvalue weighted by Crippen LogP contribution is 2.43. The van der Waals surface area contributed by atoms with Gasteiger partial charge >= 0.3 is 0 Å². The second-order valence-electron chi connectivity index (χ2n) is 15.0. The second kappa shape index (κ2) is 12.6. The van der Waals surface area contributed by atoms with Crippen LogP contribution in [0.3, 0.4) is 0 Å². The minimum absolute atomic E-state index is 0.503. The predicted octanol–water partition coefficient (Wildman–Crippen LogP) is 13.1. The average molecular weight is 771 g/mol. The van der Waals surface area contributed by atoms with E-state index in [1.165, 1.54) is 0 Å². The van der Waals surface area contributed by atoms with Crippen LogP contribution in [0, 0.1) is 0 Å². The van der Waals surface area contributed by atoms with Crippen LogP contribution in [0.4, 0.5) is 0 Å². The fourth-order valence-corrected chi connectivity index (χ4v) is 8.95. The van der Waals surface area contributed by atoms with E-state index in [9.17, 15) is 0 Å². The summed E-state index contributed by atoms with van der Waals surface area (Å²) in [6, 6.07) is 62.1. The maximum Gasteiger partial charge on any atom is 0.238 e. The van der Waals surface area contributed by atoms with Crippen molar-refractivity contribution < 1.29 is 8.83 Å². The minimum atomic E-state index is 0.503. The number of benzene rings is 8. The molecule has 60 heavy (non-hydrogen) atoms. The Morgan fingerprint density at radius 3 is 1.70 bits per heavy atom. The number of nitrogens with zero attached hydrogens (tertiary/aromatic N) is 6. The first kappa shape index (κ1) is 32.7. The molecule has 0 radical (unpaired) electrons. The van der Waals surface area contributed by atoms with Crippen molar-refractivity contribution >= 4 is 76.6 Å². The lowest BCUT2D eigenvalue weighted by Crippen LogP contribution is -2.07. The third-order valence-electron chi connectivity index (χ3n) is 11.6. The van der Waals surface area contributed by atoms with Gasteiger partial charge in [-0.05, 0) is 54.6 Å². The molecule has 0 aliphatic carbocycles. The van der Waals surface area contributed by atoms with Gasteiger partial charge in [0.05, 0.1) is 27.8 Å². The van der Waals surface area contributed by atoms with Gasteiger partial charge in [-0.2, -0.15) is 9.97 Å². The molecule has 8 heteroatoms. The summed E-state index contributed by atoms with van der Waals surface area (Å²) in [6.45, 7) is 0. The van der Waals surface area contributed by atoms with Crippen molar-refractivity contribution in [3.63, 3.8) is 0 Å². The minimum Gasteiger partial charge on any atom is -0.456 e. The smallest absolute Gasteiger partial charge is 0.238 e. The molecule has 0 fully saturated rings. The van der Waals surface area contributed by atoms with Gasteiger partial charge in [-0.1, -0.05) is 127 Å². The molecule has 0 N–H and O–H groups in total. The molecule has 0 bridgehead atoms. The number of rotatable bonds is 5. The van der Waals surface area contributed by atoms with E-state index in [0.717, 1.165) is 93.4 Å². The highest BCUT2D eigenvalue weighted by Gasteiger charge is 2.25. The van der Waals surface area contributed by atoms with E-state index < -0.39 is 0 Å². The quantitative estimate of drug-likeness (QED) is 0.173. The molecule has 0 saturated carbocycles. The Balaban J connectivity index is 1.14. The van der Waals surface area contributed by atoms with Crippen molar-refractivity contribution in [3.05, 3.63) is 182 Å². The van der Waals surface area contributed by atoms with E-state index in [-0.39, 0.29) is 0 Å². The number of aromatic nitrogens is 6. The zero-order chi connectivity index (χ0) is 39.3. The summed E-state index contributed by atoms with van der Waals surface area (Å²) in [4.78, 5) is 20.7. The fourth-order valence-electron chi connectivity index (χ4n) is 8.95. The van der Waals surface area contributed by atoms with E-state index >= 15 is 0 Å². The Morgan fingerprint density at radius 2 is 0.950 bits per heavy atom. The number of hydrogen-bond acceptors (Lipinski definition) is 6. The van der Waals surface area contributed by atoms with E-state index in [1.807, 2.05) is 91.0 Å². The third kappa shape index (κ3) is 4.79. The van der Waals surface area contributed by atoms with Crippen LogP contribution >= 0.6 is 0 Å². The Hall–Kier alpha value is -8.36. The topological polar surface area (TPSA) is 87.7 Å². The molecule has 0 unspecified atom stereocenters. The van der Waals surface area contributed by atoms with Gasteiger partial charge in [0.2, 0.25) is 11.8 Å². The molecule has 0 spiro atoms. The molecular weight excluding hydrogens is 741 g/mol. The molecule has 0 aliphatic rings. The molecule has 13 aromatic rings. The summed E-state index contributed by atoms with van der Waals surface area (Å²) in [5, 5.41) is 6.48. The van der Waals surface area contributed by atoms with Crippen molar-refractivity contribution in [2.45, 2.75) is 0 Å². The number of hydrogen-bond donors (Lipinski definition) is 0. The van der Waals surface area contributed by atoms with Crippen LogP contribution in [0.2, 0.25) is 0 Å². The van der Waals surface area contributed by atoms with Gasteiger partial charge in [0, 0.05) is 49.0 Å². The Bertz CT molecular complexity index is 3840. The molecule has 8 nitrogen and oxygen atoms in total. The summed E-state index contributed by atoms with van der Waals surface area (Å²) in [5.74, 6) is 2.19. The van der Waals surface area contributed by atoms with Crippen LogP contribution in [0.1, 0.15) is 0 Å². The molecule has 0 amide bonds. The highest BCUT2D eigenvalue weighted by molar-refractivity contribution is 6.24. The highest BCUT2D eigenvalue weighted by atomic mass is 16.3.